The fourth-order valence-corrected chi connectivity index (χ4v) is 6.26. The number of pyridine rings is 2. The van der Waals surface area contributed by atoms with Gasteiger partial charge in [0.15, 0.2) is 0 Å². The van der Waals surface area contributed by atoms with Crippen molar-refractivity contribution in [2.24, 2.45) is 0 Å². The molecule has 0 bridgehead atoms. The lowest BCUT2D eigenvalue weighted by Crippen LogP contribution is -2.23. The largest absolute Gasteiger partial charge is 0.492 e. The van der Waals surface area contributed by atoms with Crippen LogP contribution in [0, 0.1) is 18.3 Å². The monoisotopic (exact) mass is 754 g/mol. The topological polar surface area (TPSA) is 167 Å². The molecule has 0 aliphatic carbocycles. The Labute approximate surface area is 313 Å². The number of hydrogen-bond donors (Lipinski definition) is 3. The Morgan fingerprint density at radius 3 is 2.53 bits per heavy atom. The van der Waals surface area contributed by atoms with Crippen LogP contribution in [0.4, 0.5) is 17.1 Å². The number of carbonyl (C=O) groups is 1. The Kier molecular flexibility index (Phi) is 13.0. The minimum Gasteiger partial charge on any atom is -0.492 e. The van der Waals surface area contributed by atoms with Crippen molar-refractivity contribution in [1.82, 2.24) is 14.9 Å². The van der Waals surface area contributed by atoms with Crippen molar-refractivity contribution >= 4 is 55.6 Å². The number of ether oxygens (including phenoxy) is 2. The maximum atomic E-state index is 12.9. The van der Waals surface area contributed by atoms with Gasteiger partial charge in [0.05, 0.1) is 44.7 Å². The molecular formula is C39H39ClN6O6S. The van der Waals surface area contributed by atoms with E-state index in [0.29, 0.717) is 56.7 Å². The quantitative estimate of drug-likeness (QED) is 0.0893. The summed E-state index contributed by atoms with van der Waals surface area (Å²) in [4.78, 5) is 23.8. The number of nitriles is 1. The number of benzene rings is 3. The molecule has 0 saturated carbocycles. The van der Waals surface area contributed by atoms with Crippen LogP contribution in [0.15, 0.2) is 102 Å². The molecule has 0 unspecified atom stereocenters. The summed E-state index contributed by atoms with van der Waals surface area (Å²) >= 11 is 6.54. The van der Waals surface area contributed by atoms with Crippen molar-refractivity contribution in [2.75, 3.05) is 30.8 Å². The fourth-order valence-electron chi connectivity index (χ4n) is 5.55. The molecule has 1 amide bonds. The summed E-state index contributed by atoms with van der Waals surface area (Å²) in [5.74, 6) is 0.740. The third kappa shape index (κ3) is 10.5. The van der Waals surface area contributed by atoms with Gasteiger partial charge in [0.2, 0.25) is 5.91 Å². The number of anilines is 3. The Morgan fingerprint density at radius 1 is 1.09 bits per heavy atom. The molecule has 3 heterocycles. The predicted octanol–water partition coefficient (Wildman–Crippen LogP) is 7.71. The molecule has 5 aromatic rings. The van der Waals surface area contributed by atoms with Crippen molar-refractivity contribution in [1.29, 1.82) is 5.26 Å². The Morgan fingerprint density at radius 2 is 1.89 bits per heavy atom. The van der Waals surface area contributed by atoms with E-state index in [1.54, 1.807) is 48.7 Å². The second-order valence-corrected chi connectivity index (χ2v) is 14.0. The highest BCUT2D eigenvalue weighted by molar-refractivity contribution is 7.85. The van der Waals surface area contributed by atoms with Crippen LogP contribution in [0.1, 0.15) is 36.6 Å². The van der Waals surface area contributed by atoms with Crippen molar-refractivity contribution in [3.63, 3.8) is 0 Å². The highest BCUT2D eigenvalue weighted by atomic mass is 35.5. The molecule has 12 nitrogen and oxygen atoms in total. The van der Waals surface area contributed by atoms with Gasteiger partial charge in [-0.05, 0) is 88.8 Å². The molecule has 0 spiro atoms. The number of fused-ring (bicyclic) bond motifs is 1. The van der Waals surface area contributed by atoms with E-state index in [9.17, 15) is 18.5 Å². The van der Waals surface area contributed by atoms with Gasteiger partial charge in [-0.3, -0.25) is 24.2 Å². The summed E-state index contributed by atoms with van der Waals surface area (Å²) in [5.41, 5.74) is 4.34. The summed E-state index contributed by atoms with van der Waals surface area (Å²) in [6, 6.07) is 22.9. The van der Waals surface area contributed by atoms with Crippen molar-refractivity contribution < 1.29 is 27.2 Å². The minimum absolute atomic E-state index is 0.0666. The number of nitrogens with zero attached hydrogens (tertiary/aromatic N) is 4. The van der Waals surface area contributed by atoms with Gasteiger partial charge in [0.25, 0.3) is 10.1 Å². The highest BCUT2D eigenvalue weighted by Crippen LogP contribution is 2.37. The zero-order valence-electron chi connectivity index (χ0n) is 29.4. The van der Waals surface area contributed by atoms with E-state index >= 15 is 0 Å². The van der Waals surface area contributed by atoms with Gasteiger partial charge in [0.1, 0.15) is 24.2 Å². The number of halogens is 1. The van der Waals surface area contributed by atoms with Crippen LogP contribution in [0.5, 0.6) is 11.5 Å². The summed E-state index contributed by atoms with van der Waals surface area (Å²) in [6.07, 6.45) is 8.85. The molecule has 3 aromatic carbocycles. The zero-order valence-corrected chi connectivity index (χ0v) is 31.0. The number of likely N-dealkylation sites (tertiary alicyclic amines) is 1. The lowest BCUT2D eigenvalue weighted by molar-refractivity contribution is -0.112. The molecule has 6 rings (SSSR count). The first-order chi connectivity index (χ1) is 25.4. The number of aryl methyl sites for hydroxylation is 1. The lowest BCUT2D eigenvalue weighted by atomic mass is 10.1. The highest BCUT2D eigenvalue weighted by Gasteiger charge is 2.19. The number of aromatic nitrogens is 2. The van der Waals surface area contributed by atoms with Gasteiger partial charge in [-0.25, -0.2) is 0 Å². The van der Waals surface area contributed by atoms with Crippen LogP contribution in [-0.2, 0) is 21.5 Å². The maximum absolute atomic E-state index is 12.9. The average molecular weight is 755 g/mol. The number of carbonyl (C=O) groups excluding carboxylic acids is 1. The Hall–Kier alpha value is -5.52. The second kappa shape index (κ2) is 17.8. The van der Waals surface area contributed by atoms with Gasteiger partial charge in [-0.1, -0.05) is 41.4 Å². The van der Waals surface area contributed by atoms with E-state index in [1.807, 2.05) is 44.2 Å². The van der Waals surface area contributed by atoms with Crippen LogP contribution < -0.4 is 20.1 Å². The van der Waals surface area contributed by atoms with Gasteiger partial charge in [-0.15, -0.1) is 0 Å². The molecule has 1 atom stereocenters. The van der Waals surface area contributed by atoms with Crippen LogP contribution in [0.2, 0.25) is 5.02 Å². The standard InChI is InChI=1S/C32H31ClN6O3.C7H8O3S/c1-3-41-30-17-27-25(16-28(30)38-31(40)12-10-24-8-6-14-39(24)2)32(21(18-34)19-36-27)37-22-9-11-29(26(33)15-22)42-20-23-7-4-5-13-35-23;1-6-2-4-7(5-3-6)11(8,9)10/h4-5,7,9-13,15-17,19,24H,3,6,8,14,20H2,1-2H3,(H,36,37)(H,38,40);2-5H,1H3,(H,8,9,10)/t24-;/m1./s1. The van der Waals surface area contributed by atoms with E-state index in [0.717, 1.165) is 30.6 Å². The van der Waals surface area contributed by atoms with Crippen LogP contribution >= 0.6 is 11.6 Å². The Bertz CT molecular complexity index is 2250. The molecule has 1 aliphatic rings. The van der Waals surface area contributed by atoms with Gasteiger partial charge in [0, 0.05) is 41.7 Å². The van der Waals surface area contributed by atoms with E-state index in [2.05, 4.69) is 38.6 Å². The molecule has 1 fully saturated rings. The molecule has 274 valence electrons. The molecule has 14 heteroatoms. The van der Waals surface area contributed by atoms with Crippen molar-refractivity contribution in [3.05, 3.63) is 119 Å². The third-order valence-electron chi connectivity index (χ3n) is 8.32. The first-order valence-electron chi connectivity index (χ1n) is 16.8. The molecule has 3 N–H and O–H groups in total. The molecule has 1 saturated heterocycles. The Balaban J connectivity index is 0.000000422. The van der Waals surface area contributed by atoms with Gasteiger partial charge < -0.3 is 20.1 Å². The van der Waals surface area contributed by atoms with E-state index in [-0.39, 0.29) is 23.5 Å². The predicted molar refractivity (Wildman–Crippen MR) is 205 cm³/mol. The van der Waals surface area contributed by atoms with Gasteiger partial charge in [-0.2, -0.15) is 13.7 Å². The molecule has 2 aromatic heterocycles. The normalized spacial score (nSPS) is 14.3. The third-order valence-corrected chi connectivity index (χ3v) is 9.48. The summed E-state index contributed by atoms with van der Waals surface area (Å²) in [7, 11) is -1.96. The number of rotatable bonds is 11. The maximum Gasteiger partial charge on any atom is 0.294 e. The first kappa shape index (κ1) is 38.7. The van der Waals surface area contributed by atoms with E-state index < -0.39 is 10.1 Å². The minimum atomic E-state index is -4.02. The fraction of sp³-hybridized carbons (Fsp3) is 0.231. The van der Waals surface area contributed by atoms with Gasteiger partial charge >= 0.3 is 0 Å². The second-order valence-electron chi connectivity index (χ2n) is 12.2. The van der Waals surface area contributed by atoms with Crippen LogP contribution in [0.3, 0.4) is 0 Å². The number of nitrogens with one attached hydrogen (secondary N) is 2. The number of hydrogen-bond acceptors (Lipinski definition) is 10. The van der Waals surface area contributed by atoms with Crippen LogP contribution in [0.25, 0.3) is 10.9 Å². The molecule has 1 aliphatic heterocycles. The van der Waals surface area contributed by atoms with Crippen LogP contribution in [-0.4, -0.2) is 60.0 Å². The lowest BCUT2D eigenvalue weighted by Gasteiger charge is -2.17. The summed E-state index contributed by atoms with van der Waals surface area (Å²) in [5, 5.41) is 17.2. The number of amides is 1. The van der Waals surface area contributed by atoms with E-state index in [1.165, 1.54) is 18.3 Å². The van der Waals surface area contributed by atoms with Crippen molar-refractivity contribution in [3.8, 4) is 17.6 Å². The smallest absolute Gasteiger partial charge is 0.294 e. The zero-order chi connectivity index (χ0) is 38.0. The number of likely N-dealkylation sites (N-methyl/N-ethyl adjacent to an activating group) is 1. The summed E-state index contributed by atoms with van der Waals surface area (Å²) in [6.45, 7) is 5.42. The molecule has 0 radical (unpaired) electrons. The summed E-state index contributed by atoms with van der Waals surface area (Å²) < 4.78 is 41.2. The first-order valence-corrected chi connectivity index (χ1v) is 18.6. The molecular weight excluding hydrogens is 716 g/mol. The molecule has 53 heavy (non-hydrogen) atoms. The SMILES string of the molecule is CCOc1cc2ncc(C#N)c(Nc3ccc(OCc4ccccn4)c(Cl)c3)c2cc1NC(=O)C=C[C@H]1CCCN1C.Cc1ccc(S(=O)(=O)O)cc1. The average Bonchev–Trinajstić information content (AvgIpc) is 3.55. The van der Waals surface area contributed by atoms with E-state index in [4.69, 9.17) is 25.6 Å². The van der Waals surface area contributed by atoms with Crippen molar-refractivity contribution in [2.45, 2.75) is 44.2 Å².